The fourth-order valence-corrected chi connectivity index (χ4v) is 3.63. The third-order valence-electron chi connectivity index (χ3n) is 5.33. The Morgan fingerprint density at radius 3 is 3.04 bits per heavy atom. The van der Waals surface area contributed by atoms with Crippen molar-refractivity contribution in [1.82, 2.24) is 25.8 Å². The predicted octanol–water partition coefficient (Wildman–Crippen LogP) is 2.70. The van der Waals surface area contributed by atoms with E-state index in [9.17, 15) is 0 Å². The first-order chi connectivity index (χ1) is 13.1. The number of nitrogens with zero attached hydrogens (tertiary/aromatic N) is 2. The number of nitrogens with one attached hydrogen (secondary N) is 4. The zero-order chi connectivity index (χ0) is 18.4. The van der Waals surface area contributed by atoms with Gasteiger partial charge in [-0.1, -0.05) is 12.1 Å². The first kappa shape index (κ1) is 16.1. The molecule has 0 radical (unpaired) electrons. The summed E-state index contributed by atoms with van der Waals surface area (Å²) in [5, 5.41) is 15.2. The average molecular weight is 361 g/mol. The Balaban J connectivity index is 1.42. The third-order valence-corrected chi connectivity index (χ3v) is 5.33. The zero-order valence-electron chi connectivity index (χ0n) is 15.2. The average Bonchev–Trinajstić information content (AvgIpc) is 3.19. The molecular weight excluding hydrogens is 338 g/mol. The maximum Gasteiger partial charge on any atom is 0.197 e. The van der Waals surface area contributed by atoms with E-state index in [-0.39, 0.29) is 6.04 Å². The van der Waals surface area contributed by atoms with Crippen LogP contribution in [0.15, 0.2) is 53.8 Å². The molecule has 1 fully saturated rings. The number of guanidine groups is 1. The number of nitrogens with two attached hydrogens (primary N) is 1. The van der Waals surface area contributed by atoms with Crippen LogP contribution in [0.25, 0.3) is 10.9 Å². The fourth-order valence-electron chi connectivity index (χ4n) is 3.63. The van der Waals surface area contributed by atoms with E-state index in [4.69, 9.17) is 10.7 Å². The van der Waals surface area contributed by atoms with E-state index in [2.05, 4.69) is 57.0 Å². The van der Waals surface area contributed by atoms with Gasteiger partial charge in [-0.05, 0) is 49.6 Å². The standard InChI is InChI=1S/C20H23N7/c1-12(14-3-2-4-16-15(14)7-9-22-16)24-19-23-10-8-20(21,25-19)18-11-17(26-27-18)13-5-6-13/h2-4,7-13,22H,5-6,21H2,1H3,(H,26,27)(H2,23,24,25)/t12-,20?/m0/s1. The first-order valence-electron chi connectivity index (χ1n) is 9.33. The van der Waals surface area contributed by atoms with Gasteiger partial charge in [0.2, 0.25) is 0 Å². The van der Waals surface area contributed by atoms with E-state index >= 15 is 0 Å². The van der Waals surface area contributed by atoms with Gasteiger partial charge in [0.15, 0.2) is 11.6 Å². The molecule has 2 atom stereocenters. The highest BCUT2D eigenvalue weighted by molar-refractivity contribution is 5.86. The SMILES string of the molecule is C[C@H](N=C1NC=CC(N)(c2cc(C3CC3)[nH]n2)N1)c1cccc2[nH]ccc12. The summed E-state index contributed by atoms with van der Waals surface area (Å²) in [6, 6.07) is 10.3. The van der Waals surface area contributed by atoms with Crippen molar-refractivity contribution in [2.75, 3.05) is 0 Å². The number of aromatic amines is 2. The van der Waals surface area contributed by atoms with Crippen molar-refractivity contribution < 1.29 is 0 Å². The second-order valence-electron chi connectivity index (χ2n) is 7.39. The highest BCUT2D eigenvalue weighted by Gasteiger charge is 2.33. The van der Waals surface area contributed by atoms with Gasteiger partial charge in [0.05, 0.1) is 6.04 Å². The summed E-state index contributed by atoms with van der Waals surface area (Å²) < 4.78 is 0. The van der Waals surface area contributed by atoms with E-state index in [1.165, 1.54) is 18.2 Å². The van der Waals surface area contributed by atoms with E-state index in [0.717, 1.165) is 22.5 Å². The van der Waals surface area contributed by atoms with Gasteiger partial charge in [0.1, 0.15) is 5.69 Å². The Bertz CT molecular complexity index is 1040. The number of aliphatic imine (C=N–C) groups is 1. The van der Waals surface area contributed by atoms with Crippen LogP contribution < -0.4 is 16.4 Å². The molecule has 2 aromatic heterocycles. The van der Waals surface area contributed by atoms with Gasteiger partial charge in [-0.25, -0.2) is 4.99 Å². The van der Waals surface area contributed by atoms with Crippen LogP contribution in [0, 0.1) is 0 Å². The molecule has 7 nitrogen and oxygen atoms in total. The minimum atomic E-state index is -0.881. The topological polar surface area (TPSA) is 107 Å². The van der Waals surface area contributed by atoms with E-state index in [0.29, 0.717) is 11.9 Å². The van der Waals surface area contributed by atoms with Crippen LogP contribution in [0.5, 0.6) is 0 Å². The summed E-state index contributed by atoms with van der Waals surface area (Å²) in [5.74, 6) is 1.24. The van der Waals surface area contributed by atoms with Gasteiger partial charge in [0.25, 0.3) is 0 Å². The van der Waals surface area contributed by atoms with Crippen LogP contribution in [-0.2, 0) is 5.66 Å². The highest BCUT2D eigenvalue weighted by Crippen LogP contribution is 2.39. The molecule has 0 amide bonds. The Labute approximate surface area is 157 Å². The van der Waals surface area contributed by atoms with Crippen LogP contribution in [0.4, 0.5) is 0 Å². The monoisotopic (exact) mass is 361 g/mol. The van der Waals surface area contributed by atoms with Gasteiger partial charge in [-0.2, -0.15) is 5.10 Å². The van der Waals surface area contributed by atoms with Gasteiger partial charge in [0, 0.05) is 34.9 Å². The lowest BCUT2D eigenvalue weighted by atomic mass is 10.0. The molecule has 1 saturated carbocycles. The largest absolute Gasteiger partial charge is 0.361 e. The lowest BCUT2D eigenvalue weighted by Crippen LogP contribution is -2.57. The molecule has 3 heterocycles. The summed E-state index contributed by atoms with van der Waals surface area (Å²) in [6.07, 6.45) is 8.09. The normalized spacial score (nSPS) is 24.7. The van der Waals surface area contributed by atoms with E-state index < -0.39 is 5.66 Å². The van der Waals surface area contributed by atoms with Crippen LogP contribution in [0.3, 0.4) is 0 Å². The summed E-state index contributed by atoms with van der Waals surface area (Å²) in [5.41, 5.74) is 9.92. The lowest BCUT2D eigenvalue weighted by molar-refractivity contribution is 0.482. The molecule has 0 saturated heterocycles. The predicted molar refractivity (Wildman–Crippen MR) is 106 cm³/mol. The van der Waals surface area contributed by atoms with E-state index in [1.807, 2.05) is 24.5 Å². The second kappa shape index (κ2) is 5.99. The van der Waals surface area contributed by atoms with Crippen molar-refractivity contribution >= 4 is 16.9 Å². The molecule has 1 aromatic carbocycles. The summed E-state index contributed by atoms with van der Waals surface area (Å²) in [7, 11) is 0. The van der Waals surface area contributed by atoms with Crippen LogP contribution >= 0.6 is 0 Å². The number of hydrogen-bond acceptors (Lipinski definition) is 3. The molecule has 1 aliphatic heterocycles. The zero-order valence-corrected chi connectivity index (χ0v) is 15.2. The molecule has 5 rings (SSSR count). The van der Waals surface area contributed by atoms with Crippen LogP contribution in [-0.4, -0.2) is 21.1 Å². The van der Waals surface area contributed by atoms with Crippen molar-refractivity contribution in [3.63, 3.8) is 0 Å². The van der Waals surface area contributed by atoms with Crippen molar-refractivity contribution in [2.24, 2.45) is 10.7 Å². The van der Waals surface area contributed by atoms with Gasteiger partial charge < -0.3 is 21.4 Å². The Morgan fingerprint density at radius 2 is 2.19 bits per heavy atom. The molecule has 6 N–H and O–H groups in total. The molecule has 3 aromatic rings. The lowest BCUT2D eigenvalue weighted by Gasteiger charge is -2.31. The summed E-state index contributed by atoms with van der Waals surface area (Å²) in [6.45, 7) is 2.08. The second-order valence-corrected chi connectivity index (χ2v) is 7.39. The van der Waals surface area contributed by atoms with Crippen LogP contribution in [0.2, 0.25) is 0 Å². The molecule has 0 spiro atoms. The Kier molecular flexibility index (Phi) is 3.58. The minimum Gasteiger partial charge on any atom is -0.361 e. The van der Waals surface area contributed by atoms with Crippen molar-refractivity contribution in [3.05, 3.63) is 65.8 Å². The molecule has 138 valence electrons. The Morgan fingerprint density at radius 1 is 1.30 bits per heavy atom. The Hall–Kier alpha value is -3.06. The molecule has 2 aliphatic rings. The highest BCUT2D eigenvalue weighted by atomic mass is 15.3. The van der Waals surface area contributed by atoms with Gasteiger partial charge >= 0.3 is 0 Å². The number of rotatable bonds is 4. The van der Waals surface area contributed by atoms with Crippen LogP contribution in [0.1, 0.15) is 48.7 Å². The summed E-state index contributed by atoms with van der Waals surface area (Å²) in [4.78, 5) is 8.07. The maximum absolute atomic E-state index is 6.59. The van der Waals surface area contributed by atoms with Gasteiger partial charge in [-0.3, -0.25) is 5.10 Å². The quantitative estimate of drug-likeness (QED) is 0.492. The number of H-pyrrole nitrogens is 2. The maximum atomic E-state index is 6.59. The molecule has 0 bridgehead atoms. The first-order valence-corrected chi connectivity index (χ1v) is 9.33. The summed E-state index contributed by atoms with van der Waals surface area (Å²) >= 11 is 0. The fraction of sp³-hybridized carbons (Fsp3) is 0.300. The van der Waals surface area contributed by atoms with Crippen molar-refractivity contribution in [2.45, 2.75) is 37.4 Å². The molecule has 1 aliphatic carbocycles. The van der Waals surface area contributed by atoms with E-state index in [1.54, 1.807) is 0 Å². The van der Waals surface area contributed by atoms with Crippen molar-refractivity contribution in [3.8, 4) is 0 Å². The third kappa shape index (κ3) is 2.90. The molecule has 7 heteroatoms. The number of hydrogen-bond donors (Lipinski definition) is 5. The number of aromatic nitrogens is 3. The minimum absolute atomic E-state index is 0.0311. The van der Waals surface area contributed by atoms with Crippen molar-refractivity contribution in [1.29, 1.82) is 0 Å². The molecule has 27 heavy (non-hydrogen) atoms. The number of fused-ring (bicyclic) bond motifs is 1. The smallest absolute Gasteiger partial charge is 0.197 e. The molecule has 1 unspecified atom stereocenters. The molecular formula is C20H23N7. The van der Waals surface area contributed by atoms with Gasteiger partial charge in [-0.15, -0.1) is 0 Å². The number of benzene rings is 1.